The monoisotopic (exact) mass is 420 g/mol. The Balaban J connectivity index is 0. The predicted octanol–water partition coefficient (Wildman–Crippen LogP) is 5.18. The molecular weight excluding hydrogens is 403 g/mol. The van der Waals surface area contributed by atoms with E-state index < -0.39 is 0 Å². The van der Waals surface area contributed by atoms with Crippen LogP contribution < -0.4 is 0 Å². The van der Waals surface area contributed by atoms with E-state index in [2.05, 4.69) is 17.2 Å². The molecule has 0 aliphatic heterocycles. The minimum atomic E-state index is 0. The van der Waals surface area contributed by atoms with Gasteiger partial charge in [0.25, 0.3) is 0 Å². The number of hydrogen-bond acceptors (Lipinski definition) is 2. The maximum absolute atomic E-state index is 4.11. The molecule has 3 heteroatoms. The molecule has 0 radical (unpaired) electrons. The second-order valence-corrected chi connectivity index (χ2v) is 3.20. The molecule has 18 heavy (non-hydrogen) atoms. The van der Waals surface area contributed by atoms with E-state index in [0.717, 1.165) is 16.9 Å². The second-order valence-electron chi connectivity index (χ2n) is 3.20. The predicted molar refractivity (Wildman–Crippen MR) is 74.3 cm³/mol. The quantitative estimate of drug-likeness (QED) is 0.472. The maximum Gasteiger partial charge on any atom is 0.0857 e. The molecule has 0 amide bonds. The molecule has 100 valence electrons. The molecule has 0 bridgehead atoms. The summed E-state index contributed by atoms with van der Waals surface area (Å²) in [7, 11) is 0. The summed E-state index contributed by atoms with van der Waals surface area (Å²) < 4.78 is 0. The number of benzene rings is 2. The molecule has 2 aromatic rings. The summed E-state index contributed by atoms with van der Waals surface area (Å²) in [6, 6.07) is 17.3. The van der Waals surface area contributed by atoms with Gasteiger partial charge in [-0.05, 0) is 12.1 Å². The first kappa shape index (κ1) is 19.0. The van der Waals surface area contributed by atoms with Crippen LogP contribution in [-0.2, 0) is 21.1 Å². The standard InChI is InChI=1S/C13H11N2.2CH3.Pt/c1-11-7-9-13(10-8-11)15-14-12-5-3-2-4-6-12;;;/h2-10H,1H2;2*1H3;/q3*-1;. The van der Waals surface area contributed by atoms with Crippen molar-refractivity contribution in [3.05, 3.63) is 81.9 Å². The summed E-state index contributed by atoms with van der Waals surface area (Å²) in [5, 5.41) is 8.23. The summed E-state index contributed by atoms with van der Waals surface area (Å²) in [6.07, 6.45) is 0. The van der Waals surface area contributed by atoms with E-state index in [1.165, 1.54) is 0 Å². The van der Waals surface area contributed by atoms with Crippen molar-refractivity contribution in [2.45, 2.75) is 0 Å². The molecule has 2 aromatic carbocycles. The first-order chi connectivity index (χ1) is 7.34. The van der Waals surface area contributed by atoms with Crippen LogP contribution in [0.15, 0.2) is 64.8 Å². The first-order valence-electron chi connectivity index (χ1n) is 4.73. The van der Waals surface area contributed by atoms with Gasteiger partial charge in [0.15, 0.2) is 0 Å². The van der Waals surface area contributed by atoms with E-state index >= 15 is 0 Å². The number of rotatable bonds is 2. The minimum Gasteiger partial charge on any atom is -0.358 e. The van der Waals surface area contributed by atoms with Crippen molar-refractivity contribution < 1.29 is 21.1 Å². The summed E-state index contributed by atoms with van der Waals surface area (Å²) in [5.74, 6) is 0. The van der Waals surface area contributed by atoms with Gasteiger partial charge in [-0.1, -0.05) is 30.3 Å². The Kier molecular flexibility index (Phi) is 10.1. The maximum atomic E-state index is 4.11. The van der Waals surface area contributed by atoms with E-state index in [1.54, 1.807) is 0 Å². The smallest absolute Gasteiger partial charge is 0.0857 e. The summed E-state index contributed by atoms with van der Waals surface area (Å²) in [6.45, 7) is 3.81. The van der Waals surface area contributed by atoms with Crippen LogP contribution in [0.25, 0.3) is 0 Å². The number of azo groups is 1. The van der Waals surface area contributed by atoms with E-state index in [4.69, 9.17) is 0 Å². The van der Waals surface area contributed by atoms with Crippen molar-refractivity contribution in [3.8, 4) is 0 Å². The Hall–Kier alpha value is -1.40. The molecule has 0 aromatic heterocycles. The summed E-state index contributed by atoms with van der Waals surface area (Å²) >= 11 is 0. The van der Waals surface area contributed by atoms with Gasteiger partial charge in [0, 0.05) is 21.1 Å². The SMILES string of the molecule is [CH2-]c1ccc(N=Nc2ccccc2)cc1.[CH3-].[CH3-].[Pt]. The summed E-state index contributed by atoms with van der Waals surface area (Å²) in [4.78, 5) is 0. The molecule has 2 nitrogen and oxygen atoms in total. The van der Waals surface area contributed by atoms with Gasteiger partial charge < -0.3 is 14.9 Å². The van der Waals surface area contributed by atoms with E-state index in [1.807, 2.05) is 54.6 Å². The largest absolute Gasteiger partial charge is 0.358 e. The molecule has 0 spiro atoms. The second kappa shape index (κ2) is 9.61. The fraction of sp³-hybridized carbons (Fsp3) is 0. The average molecular weight is 420 g/mol. The van der Waals surface area contributed by atoms with Crippen LogP contribution in [0, 0.1) is 21.8 Å². The van der Waals surface area contributed by atoms with Gasteiger partial charge in [-0.25, -0.2) is 0 Å². The summed E-state index contributed by atoms with van der Waals surface area (Å²) in [5.41, 5.74) is 2.68. The zero-order chi connectivity index (χ0) is 10.5. The van der Waals surface area contributed by atoms with Crippen LogP contribution in [0.1, 0.15) is 5.56 Å². The van der Waals surface area contributed by atoms with Crippen molar-refractivity contribution in [2.75, 3.05) is 0 Å². The van der Waals surface area contributed by atoms with Crippen molar-refractivity contribution >= 4 is 11.4 Å². The van der Waals surface area contributed by atoms with E-state index in [0.29, 0.717) is 0 Å². The molecule has 0 saturated carbocycles. The van der Waals surface area contributed by atoms with Crippen LogP contribution in [0.4, 0.5) is 11.4 Å². The Labute approximate surface area is 124 Å². The van der Waals surface area contributed by atoms with Crippen LogP contribution in [-0.4, -0.2) is 0 Å². The third kappa shape index (κ3) is 5.79. The molecule has 0 unspecified atom stereocenters. The zero-order valence-electron chi connectivity index (χ0n) is 10.6. The average Bonchev–Trinajstić information content (AvgIpc) is 2.30. The molecule has 0 N–H and O–H groups in total. The van der Waals surface area contributed by atoms with Crippen LogP contribution in [0.5, 0.6) is 0 Å². The molecule has 0 atom stereocenters. The van der Waals surface area contributed by atoms with Crippen molar-refractivity contribution in [2.24, 2.45) is 10.2 Å². The molecule has 0 heterocycles. The first-order valence-corrected chi connectivity index (χ1v) is 4.73. The molecular formula is C15H17N2Pt-3. The third-order valence-electron chi connectivity index (χ3n) is 1.97. The minimum absolute atomic E-state index is 0. The van der Waals surface area contributed by atoms with Gasteiger partial charge in [-0.2, -0.15) is 34.8 Å². The van der Waals surface area contributed by atoms with Crippen molar-refractivity contribution in [1.82, 2.24) is 0 Å². The van der Waals surface area contributed by atoms with E-state index in [-0.39, 0.29) is 35.9 Å². The Morgan fingerprint density at radius 1 is 0.667 bits per heavy atom. The van der Waals surface area contributed by atoms with Gasteiger partial charge in [0.2, 0.25) is 0 Å². The van der Waals surface area contributed by atoms with Crippen LogP contribution in [0.3, 0.4) is 0 Å². The Morgan fingerprint density at radius 2 is 1.11 bits per heavy atom. The molecule has 2 rings (SSSR count). The topological polar surface area (TPSA) is 24.7 Å². The number of hydrogen-bond donors (Lipinski definition) is 0. The Bertz CT molecular complexity index is 450. The fourth-order valence-corrected chi connectivity index (χ4v) is 1.17. The fourth-order valence-electron chi connectivity index (χ4n) is 1.17. The van der Waals surface area contributed by atoms with Gasteiger partial charge in [0.05, 0.1) is 11.4 Å². The van der Waals surface area contributed by atoms with Crippen LogP contribution in [0.2, 0.25) is 0 Å². The normalized spacial score (nSPS) is 8.89. The zero-order valence-corrected chi connectivity index (χ0v) is 12.9. The van der Waals surface area contributed by atoms with Crippen molar-refractivity contribution in [1.29, 1.82) is 0 Å². The van der Waals surface area contributed by atoms with Crippen molar-refractivity contribution in [3.63, 3.8) is 0 Å². The molecule has 0 aliphatic rings. The number of nitrogens with zero attached hydrogens (tertiary/aromatic N) is 2. The van der Waals surface area contributed by atoms with Gasteiger partial charge >= 0.3 is 0 Å². The Morgan fingerprint density at radius 3 is 1.61 bits per heavy atom. The molecule has 0 fully saturated rings. The van der Waals surface area contributed by atoms with Gasteiger partial charge in [0.1, 0.15) is 0 Å². The van der Waals surface area contributed by atoms with E-state index in [9.17, 15) is 0 Å². The van der Waals surface area contributed by atoms with Gasteiger partial charge in [-0.15, -0.1) is 0 Å². The third-order valence-corrected chi connectivity index (χ3v) is 1.97. The van der Waals surface area contributed by atoms with Gasteiger partial charge in [-0.3, -0.25) is 0 Å². The molecule has 0 saturated heterocycles. The molecule has 0 aliphatic carbocycles. The van der Waals surface area contributed by atoms with Crippen LogP contribution >= 0.6 is 0 Å².